The number of methoxy groups -OCH3 is 1. The highest BCUT2D eigenvalue weighted by Gasteiger charge is 2.08. The Morgan fingerprint density at radius 3 is 2.65 bits per heavy atom. The summed E-state index contributed by atoms with van der Waals surface area (Å²) in [6.07, 6.45) is 5.48. The second kappa shape index (κ2) is 8.13. The first-order valence-electron chi connectivity index (χ1n) is 6.54. The monoisotopic (exact) mass is 236 g/mol. The molecule has 0 bridgehead atoms. The fraction of sp³-hybridized carbons (Fsp3) is 0.600. The van der Waals surface area contributed by atoms with E-state index in [0.29, 0.717) is 12.5 Å². The highest BCUT2D eigenvalue weighted by Crippen LogP contribution is 2.23. The summed E-state index contributed by atoms with van der Waals surface area (Å²) in [7, 11) is 1.72. The van der Waals surface area contributed by atoms with E-state index in [0.717, 1.165) is 25.0 Å². The molecule has 0 aliphatic rings. The van der Waals surface area contributed by atoms with Gasteiger partial charge >= 0.3 is 0 Å². The van der Waals surface area contributed by atoms with Gasteiger partial charge in [-0.25, -0.2) is 0 Å². The zero-order valence-corrected chi connectivity index (χ0v) is 11.0. The van der Waals surface area contributed by atoms with Crippen LogP contribution in [0, 0.1) is 5.92 Å². The maximum Gasteiger partial charge on any atom is 0.122 e. The third kappa shape index (κ3) is 4.78. The lowest BCUT2D eigenvalue weighted by Gasteiger charge is -2.15. The average molecular weight is 236 g/mol. The molecule has 0 spiro atoms. The first kappa shape index (κ1) is 14.0. The van der Waals surface area contributed by atoms with Gasteiger partial charge in [-0.1, -0.05) is 31.5 Å². The molecule has 0 fully saturated rings. The molecule has 17 heavy (non-hydrogen) atoms. The molecule has 0 aliphatic heterocycles. The van der Waals surface area contributed by atoms with Crippen molar-refractivity contribution in [1.82, 2.24) is 0 Å². The van der Waals surface area contributed by atoms with E-state index in [1.807, 2.05) is 12.1 Å². The van der Waals surface area contributed by atoms with Crippen LogP contribution in [0.15, 0.2) is 24.3 Å². The lowest BCUT2D eigenvalue weighted by atomic mass is 9.93. The number of rotatable bonds is 8. The van der Waals surface area contributed by atoms with Gasteiger partial charge in [0.25, 0.3) is 0 Å². The summed E-state index contributed by atoms with van der Waals surface area (Å²) < 4.78 is 5.35. The number of aliphatic hydroxyl groups is 1. The van der Waals surface area contributed by atoms with E-state index >= 15 is 0 Å². The molecule has 2 nitrogen and oxygen atoms in total. The highest BCUT2D eigenvalue weighted by atomic mass is 16.5. The van der Waals surface area contributed by atoms with E-state index in [4.69, 9.17) is 9.84 Å². The average Bonchev–Trinajstić information content (AvgIpc) is 2.39. The standard InChI is InChI=1S/C15H24O2/c1-3-13(7-6-12-16)10-11-14-8-4-5-9-15(14)17-2/h4-5,8-9,13,16H,3,6-7,10-12H2,1-2H3. The maximum atomic E-state index is 8.86. The van der Waals surface area contributed by atoms with Crippen LogP contribution in [0.3, 0.4) is 0 Å². The first-order valence-corrected chi connectivity index (χ1v) is 6.54. The number of aliphatic hydroxyl groups excluding tert-OH is 1. The van der Waals surface area contributed by atoms with E-state index < -0.39 is 0 Å². The molecule has 1 atom stereocenters. The summed E-state index contributed by atoms with van der Waals surface area (Å²) in [5.41, 5.74) is 1.29. The van der Waals surface area contributed by atoms with Gasteiger partial charge in [0.15, 0.2) is 0 Å². The van der Waals surface area contributed by atoms with Crippen molar-refractivity contribution < 1.29 is 9.84 Å². The minimum Gasteiger partial charge on any atom is -0.496 e. The summed E-state index contributed by atoms with van der Waals surface area (Å²) >= 11 is 0. The largest absolute Gasteiger partial charge is 0.496 e. The van der Waals surface area contributed by atoms with Gasteiger partial charge in [0.2, 0.25) is 0 Å². The Labute approximate surface area is 105 Å². The van der Waals surface area contributed by atoms with Crippen molar-refractivity contribution in [2.45, 2.75) is 39.0 Å². The van der Waals surface area contributed by atoms with Gasteiger partial charge in [0.05, 0.1) is 7.11 Å². The van der Waals surface area contributed by atoms with Gasteiger partial charge in [-0.05, 0) is 43.2 Å². The van der Waals surface area contributed by atoms with E-state index in [1.165, 1.54) is 18.4 Å². The van der Waals surface area contributed by atoms with E-state index in [2.05, 4.69) is 19.1 Å². The molecule has 0 aliphatic carbocycles. The predicted octanol–water partition coefficient (Wildman–Crippen LogP) is 3.43. The van der Waals surface area contributed by atoms with Crippen LogP contribution in [0.4, 0.5) is 0 Å². The Morgan fingerprint density at radius 2 is 2.00 bits per heavy atom. The van der Waals surface area contributed by atoms with Crippen LogP contribution in [0.5, 0.6) is 5.75 Å². The predicted molar refractivity (Wildman–Crippen MR) is 71.4 cm³/mol. The zero-order chi connectivity index (χ0) is 12.5. The molecule has 96 valence electrons. The van der Waals surface area contributed by atoms with Crippen LogP contribution in [0.2, 0.25) is 0 Å². The Hall–Kier alpha value is -1.02. The Bertz CT molecular complexity index is 310. The smallest absolute Gasteiger partial charge is 0.122 e. The van der Waals surface area contributed by atoms with Crippen molar-refractivity contribution >= 4 is 0 Å². The van der Waals surface area contributed by atoms with Gasteiger partial charge in [-0.3, -0.25) is 0 Å². The van der Waals surface area contributed by atoms with E-state index in [-0.39, 0.29) is 0 Å². The van der Waals surface area contributed by atoms with Crippen LogP contribution >= 0.6 is 0 Å². The lowest BCUT2D eigenvalue weighted by Crippen LogP contribution is -2.03. The fourth-order valence-electron chi connectivity index (χ4n) is 2.20. The molecule has 1 rings (SSSR count). The number of hydrogen-bond acceptors (Lipinski definition) is 2. The van der Waals surface area contributed by atoms with Crippen molar-refractivity contribution in [3.63, 3.8) is 0 Å². The second-order valence-corrected chi connectivity index (χ2v) is 4.49. The van der Waals surface area contributed by atoms with Gasteiger partial charge in [-0.2, -0.15) is 0 Å². The topological polar surface area (TPSA) is 29.5 Å². The third-order valence-electron chi connectivity index (χ3n) is 3.36. The zero-order valence-electron chi connectivity index (χ0n) is 11.0. The molecule has 1 aromatic rings. The van der Waals surface area contributed by atoms with Crippen molar-refractivity contribution in [2.75, 3.05) is 13.7 Å². The summed E-state index contributed by atoms with van der Waals surface area (Å²) in [4.78, 5) is 0. The molecule has 2 heteroatoms. The van der Waals surface area contributed by atoms with Crippen molar-refractivity contribution in [1.29, 1.82) is 0 Å². The van der Waals surface area contributed by atoms with Crippen molar-refractivity contribution in [3.8, 4) is 5.75 Å². The number of para-hydroxylation sites is 1. The van der Waals surface area contributed by atoms with E-state index in [9.17, 15) is 0 Å². The first-order chi connectivity index (χ1) is 8.31. The van der Waals surface area contributed by atoms with E-state index in [1.54, 1.807) is 7.11 Å². The fourth-order valence-corrected chi connectivity index (χ4v) is 2.20. The Kier molecular flexibility index (Phi) is 6.71. The number of hydrogen-bond donors (Lipinski definition) is 1. The molecule has 0 radical (unpaired) electrons. The molecule has 0 saturated heterocycles. The Balaban J connectivity index is 2.47. The molecule has 1 unspecified atom stereocenters. The van der Waals surface area contributed by atoms with Crippen LogP contribution < -0.4 is 4.74 Å². The highest BCUT2D eigenvalue weighted by molar-refractivity contribution is 5.33. The van der Waals surface area contributed by atoms with Gasteiger partial charge in [0, 0.05) is 6.61 Å². The quantitative estimate of drug-likeness (QED) is 0.749. The van der Waals surface area contributed by atoms with Gasteiger partial charge in [0.1, 0.15) is 5.75 Å². The molecular weight excluding hydrogens is 212 g/mol. The molecule has 0 heterocycles. The van der Waals surface area contributed by atoms with Crippen molar-refractivity contribution in [2.24, 2.45) is 5.92 Å². The SMILES string of the molecule is CCC(CCCO)CCc1ccccc1OC. The molecule has 0 saturated carbocycles. The van der Waals surface area contributed by atoms with Gasteiger partial charge in [-0.15, -0.1) is 0 Å². The Morgan fingerprint density at radius 1 is 1.24 bits per heavy atom. The summed E-state index contributed by atoms with van der Waals surface area (Å²) in [6, 6.07) is 8.22. The van der Waals surface area contributed by atoms with Crippen molar-refractivity contribution in [3.05, 3.63) is 29.8 Å². The lowest BCUT2D eigenvalue weighted by molar-refractivity contribution is 0.266. The summed E-state index contributed by atoms with van der Waals surface area (Å²) in [5.74, 6) is 1.71. The maximum absolute atomic E-state index is 8.86. The molecule has 0 amide bonds. The molecular formula is C15H24O2. The summed E-state index contributed by atoms with van der Waals surface area (Å²) in [6.45, 7) is 2.54. The van der Waals surface area contributed by atoms with Crippen LogP contribution in [-0.2, 0) is 6.42 Å². The minimum absolute atomic E-state index is 0.311. The van der Waals surface area contributed by atoms with Crippen LogP contribution in [0.25, 0.3) is 0 Å². The van der Waals surface area contributed by atoms with Gasteiger partial charge < -0.3 is 9.84 Å². The van der Waals surface area contributed by atoms with Crippen LogP contribution in [-0.4, -0.2) is 18.8 Å². The number of ether oxygens (including phenoxy) is 1. The molecule has 1 aromatic carbocycles. The van der Waals surface area contributed by atoms with Crippen LogP contribution in [0.1, 0.15) is 38.2 Å². The normalized spacial score (nSPS) is 12.4. The molecule has 1 N–H and O–H groups in total. The summed E-state index contributed by atoms with van der Waals surface area (Å²) in [5, 5.41) is 8.86. The minimum atomic E-state index is 0.311. The molecule has 0 aromatic heterocycles. The third-order valence-corrected chi connectivity index (χ3v) is 3.36. The number of aryl methyl sites for hydroxylation is 1. The number of benzene rings is 1. The second-order valence-electron chi connectivity index (χ2n) is 4.49.